The third-order valence-corrected chi connectivity index (χ3v) is 4.73. The van der Waals surface area contributed by atoms with Gasteiger partial charge in [-0.2, -0.15) is 0 Å². The Hall–Kier alpha value is -2.24. The molecule has 1 amide bonds. The SMILES string of the molecule is CN(Cc1cccc(Cl)c1)C(=O)c1cnc(-c2ccccc2F)s1. The van der Waals surface area contributed by atoms with Gasteiger partial charge in [0.1, 0.15) is 15.7 Å². The molecule has 0 aliphatic rings. The quantitative estimate of drug-likeness (QED) is 0.664. The second-order valence-electron chi connectivity index (χ2n) is 5.30. The van der Waals surface area contributed by atoms with Crippen molar-refractivity contribution in [2.24, 2.45) is 0 Å². The van der Waals surface area contributed by atoms with Gasteiger partial charge in [0, 0.05) is 24.2 Å². The van der Waals surface area contributed by atoms with Gasteiger partial charge in [-0.3, -0.25) is 4.79 Å². The number of hydrogen-bond acceptors (Lipinski definition) is 3. The summed E-state index contributed by atoms with van der Waals surface area (Å²) in [6.45, 7) is 0.437. The molecule has 0 spiro atoms. The van der Waals surface area contributed by atoms with Crippen molar-refractivity contribution in [2.45, 2.75) is 6.54 Å². The maximum absolute atomic E-state index is 13.8. The van der Waals surface area contributed by atoms with Crippen LogP contribution in [0.25, 0.3) is 10.6 Å². The molecule has 0 N–H and O–H groups in total. The van der Waals surface area contributed by atoms with Crippen LogP contribution in [0.15, 0.2) is 54.7 Å². The largest absolute Gasteiger partial charge is 0.337 e. The molecule has 0 unspecified atom stereocenters. The number of rotatable bonds is 4. The maximum Gasteiger partial charge on any atom is 0.265 e. The Bertz CT molecular complexity index is 881. The van der Waals surface area contributed by atoms with Crippen molar-refractivity contribution in [2.75, 3.05) is 7.05 Å². The van der Waals surface area contributed by atoms with Crippen LogP contribution < -0.4 is 0 Å². The van der Waals surface area contributed by atoms with E-state index in [1.807, 2.05) is 18.2 Å². The van der Waals surface area contributed by atoms with E-state index in [4.69, 9.17) is 11.6 Å². The van der Waals surface area contributed by atoms with Crippen LogP contribution in [-0.2, 0) is 6.54 Å². The summed E-state index contributed by atoms with van der Waals surface area (Å²) >= 11 is 7.15. The number of aromatic nitrogens is 1. The number of benzene rings is 2. The summed E-state index contributed by atoms with van der Waals surface area (Å²) in [7, 11) is 1.71. The zero-order valence-electron chi connectivity index (χ0n) is 12.9. The lowest BCUT2D eigenvalue weighted by Crippen LogP contribution is -2.25. The van der Waals surface area contributed by atoms with Crippen LogP contribution in [0, 0.1) is 5.82 Å². The molecule has 3 aromatic rings. The van der Waals surface area contributed by atoms with Crippen LogP contribution in [0.4, 0.5) is 4.39 Å². The zero-order valence-corrected chi connectivity index (χ0v) is 14.4. The minimum Gasteiger partial charge on any atom is -0.337 e. The fourth-order valence-corrected chi connectivity index (χ4v) is 3.45. The van der Waals surface area contributed by atoms with Crippen LogP contribution >= 0.6 is 22.9 Å². The third kappa shape index (κ3) is 3.63. The first-order chi connectivity index (χ1) is 11.5. The van der Waals surface area contributed by atoms with Gasteiger partial charge >= 0.3 is 0 Å². The number of halogens is 2. The normalized spacial score (nSPS) is 10.6. The average Bonchev–Trinajstić information content (AvgIpc) is 3.04. The van der Waals surface area contributed by atoms with Crippen LogP contribution in [0.3, 0.4) is 0 Å². The van der Waals surface area contributed by atoms with Crippen molar-refractivity contribution in [3.05, 3.63) is 76.0 Å². The standard InChI is InChI=1S/C18H14ClFN2OS/c1-22(11-12-5-4-6-13(19)9-12)18(23)16-10-21-17(24-16)14-7-2-3-8-15(14)20/h2-10H,11H2,1H3. The van der Waals surface area contributed by atoms with Gasteiger partial charge in [0.15, 0.2) is 0 Å². The first-order valence-corrected chi connectivity index (χ1v) is 8.44. The van der Waals surface area contributed by atoms with Gasteiger partial charge in [-0.05, 0) is 29.8 Å². The number of carbonyl (C=O) groups excluding carboxylic acids is 1. The lowest BCUT2D eigenvalue weighted by molar-refractivity contribution is 0.0789. The van der Waals surface area contributed by atoms with Gasteiger partial charge in [0.25, 0.3) is 5.91 Å². The van der Waals surface area contributed by atoms with Crippen LogP contribution in [0.1, 0.15) is 15.2 Å². The molecule has 0 atom stereocenters. The molecule has 1 aromatic heterocycles. The molecule has 6 heteroatoms. The molecular weight excluding hydrogens is 347 g/mol. The fourth-order valence-electron chi connectivity index (χ4n) is 2.30. The van der Waals surface area contributed by atoms with E-state index in [2.05, 4.69) is 4.98 Å². The molecule has 0 bridgehead atoms. The second-order valence-corrected chi connectivity index (χ2v) is 6.77. The zero-order chi connectivity index (χ0) is 17.1. The summed E-state index contributed by atoms with van der Waals surface area (Å²) in [5.74, 6) is -0.506. The molecule has 2 aromatic carbocycles. The van der Waals surface area contributed by atoms with Gasteiger partial charge in [0.2, 0.25) is 0 Å². The number of amides is 1. The van der Waals surface area contributed by atoms with Crippen molar-refractivity contribution >= 4 is 28.8 Å². The van der Waals surface area contributed by atoms with Crippen molar-refractivity contribution in [1.82, 2.24) is 9.88 Å². The number of hydrogen-bond donors (Lipinski definition) is 0. The van der Waals surface area contributed by atoms with Crippen LogP contribution in [-0.4, -0.2) is 22.8 Å². The van der Waals surface area contributed by atoms with E-state index in [9.17, 15) is 9.18 Å². The Kier molecular flexibility index (Phi) is 4.92. The molecule has 0 aliphatic carbocycles. The maximum atomic E-state index is 13.8. The van der Waals surface area contributed by atoms with E-state index in [0.717, 1.165) is 5.56 Å². The van der Waals surface area contributed by atoms with Crippen LogP contribution in [0.2, 0.25) is 5.02 Å². The highest BCUT2D eigenvalue weighted by atomic mass is 35.5. The summed E-state index contributed by atoms with van der Waals surface area (Å²) in [6.07, 6.45) is 1.49. The highest BCUT2D eigenvalue weighted by Gasteiger charge is 2.17. The van der Waals surface area contributed by atoms with Gasteiger partial charge < -0.3 is 4.90 Å². The summed E-state index contributed by atoms with van der Waals surface area (Å²) in [6, 6.07) is 13.8. The van der Waals surface area contributed by atoms with Gasteiger partial charge in [-0.25, -0.2) is 9.37 Å². The van der Waals surface area contributed by atoms with E-state index in [1.54, 1.807) is 36.2 Å². The number of carbonyl (C=O) groups is 1. The molecule has 3 rings (SSSR count). The topological polar surface area (TPSA) is 33.2 Å². The average molecular weight is 361 g/mol. The van der Waals surface area contributed by atoms with Crippen LogP contribution in [0.5, 0.6) is 0 Å². The minimum absolute atomic E-state index is 0.157. The van der Waals surface area contributed by atoms with Gasteiger partial charge in [-0.15, -0.1) is 11.3 Å². The molecular formula is C18H14ClFN2OS. The first kappa shape index (κ1) is 16.6. The molecule has 3 nitrogen and oxygen atoms in total. The Labute approximate surface area is 148 Å². The summed E-state index contributed by atoms with van der Waals surface area (Å²) in [5.41, 5.74) is 1.34. The second kappa shape index (κ2) is 7.11. The third-order valence-electron chi connectivity index (χ3n) is 3.48. The fraction of sp³-hybridized carbons (Fsp3) is 0.111. The molecule has 0 saturated carbocycles. The Morgan fingerprint density at radius 3 is 2.79 bits per heavy atom. The molecule has 0 aliphatic heterocycles. The number of nitrogens with zero attached hydrogens (tertiary/aromatic N) is 2. The molecule has 24 heavy (non-hydrogen) atoms. The summed E-state index contributed by atoms with van der Waals surface area (Å²) in [4.78, 5) is 18.8. The monoisotopic (exact) mass is 360 g/mol. The Morgan fingerprint density at radius 1 is 1.25 bits per heavy atom. The number of thiazole rings is 1. The van der Waals surface area contributed by atoms with Gasteiger partial charge in [0.05, 0.1) is 6.20 Å². The lowest BCUT2D eigenvalue weighted by atomic mass is 10.2. The van der Waals surface area contributed by atoms with E-state index < -0.39 is 0 Å². The van der Waals surface area contributed by atoms with E-state index >= 15 is 0 Å². The first-order valence-electron chi connectivity index (χ1n) is 7.25. The Morgan fingerprint density at radius 2 is 2.04 bits per heavy atom. The molecule has 0 fully saturated rings. The molecule has 0 saturated heterocycles. The van der Waals surface area contributed by atoms with E-state index in [-0.39, 0.29) is 11.7 Å². The molecule has 0 radical (unpaired) electrons. The lowest BCUT2D eigenvalue weighted by Gasteiger charge is -2.16. The van der Waals surface area contributed by atoms with Gasteiger partial charge in [-0.1, -0.05) is 35.9 Å². The van der Waals surface area contributed by atoms with Crippen molar-refractivity contribution in [3.8, 4) is 10.6 Å². The smallest absolute Gasteiger partial charge is 0.265 e. The molecule has 1 heterocycles. The highest BCUT2D eigenvalue weighted by Crippen LogP contribution is 2.28. The summed E-state index contributed by atoms with van der Waals surface area (Å²) in [5, 5.41) is 1.13. The van der Waals surface area contributed by atoms with Crippen molar-refractivity contribution in [3.63, 3.8) is 0 Å². The Balaban J connectivity index is 1.77. The predicted molar refractivity (Wildman–Crippen MR) is 94.8 cm³/mol. The minimum atomic E-state index is -0.349. The highest BCUT2D eigenvalue weighted by molar-refractivity contribution is 7.16. The predicted octanol–water partition coefficient (Wildman–Crippen LogP) is 4.87. The van der Waals surface area contributed by atoms with Crippen molar-refractivity contribution < 1.29 is 9.18 Å². The molecule has 122 valence electrons. The summed E-state index contributed by atoms with van der Waals surface area (Å²) < 4.78 is 13.8. The van der Waals surface area contributed by atoms with E-state index in [1.165, 1.54) is 23.6 Å². The van der Waals surface area contributed by atoms with Crippen molar-refractivity contribution in [1.29, 1.82) is 0 Å². The van der Waals surface area contributed by atoms with E-state index in [0.29, 0.717) is 27.0 Å².